The lowest BCUT2D eigenvalue weighted by atomic mass is 9.99. The highest BCUT2D eigenvalue weighted by molar-refractivity contribution is 7.12. The van der Waals surface area contributed by atoms with Crippen LogP contribution in [0.5, 0.6) is 0 Å². The van der Waals surface area contributed by atoms with Crippen LogP contribution in [0.15, 0.2) is 12.1 Å². The summed E-state index contributed by atoms with van der Waals surface area (Å²) in [5.74, 6) is 0.434. The third-order valence-corrected chi connectivity index (χ3v) is 3.99. The molecule has 2 heterocycles. The number of nitriles is 1. The van der Waals surface area contributed by atoms with Crippen molar-refractivity contribution < 1.29 is 5.11 Å². The molecule has 86 valence electrons. The largest absolute Gasteiger partial charge is 0.396 e. The summed E-state index contributed by atoms with van der Waals surface area (Å²) in [4.78, 5) is 4.40. The van der Waals surface area contributed by atoms with Crippen molar-refractivity contribution in [2.45, 2.75) is 19.4 Å². The summed E-state index contributed by atoms with van der Waals surface area (Å²) in [5.41, 5.74) is 0. The maximum absolute atomic E-state index is 9.15. The van der Waals surface area contributed by atoms with Crippen molar-refractivity contribution in [2.24, 2.45) is 5.92 Å². The minimum atomic E-state index is 0.296. The van der Waals surface area contributed by atoms with Gasteiger partial charge in [0.2, 0.25) is 0 Å². The minimum absolute atomic E-state index is 0.296. The van der Waals surface area contributed by atoms with E-state index in [1.165, 1.54) is 11.3 Å². The fourth-order valence-corrected chi connectivity index (χ4v) is 3.03. The molecule has 1 N–H and O–H groups in total. The molecule has 1 aliphatic rings. The molecule has 1 fully saturated rings. The number of aliphatic hydroxyl groups is 1. The van der Waals surface area contributed by atoms with Gasteiger partial charge < -0.3 is 5.11 Å². The van der Waals surface area contributed by atoms with Crippen molar-refractivity contribution in [2.75, 3.05) is 19.7 Å². The second kappa shape index (κ2) is 5.44. The number of likely N-dealkylation sites (tertiary alicyclic amines) is 1. The molecule has 1 aromatic rings. The fourth-order valence-electron chi connectivity index (χ4n) is 2.19. The summed E-state index contributed by atoms with van der Waals surface area (Å²) >= 11 is 1.57. The van der Waals surface area contributed by atoms with Crippen LogP contribution in [0.3, 0.4) is 0 Å². The zero-order chi connectivity index (χ0) is 11.4. The van der Waals surface area contributed by atoms with Gasteiger partial charge in [0, 0.05) is 24.6 Å². The van der Waals surface area contributed by atoms with Gasteiger partial charge in [0.05, 0.1) is 0 Å². The third kappa shape index (κ3) is 2.82. The van der Waals surface area contributed by atoms with Crippen molar-refractivity contribution in [1.29, 1.82) is 5.26 Å². The average molecular weight is 236 g/mol. The molecule has 0 bridgehead atoms. The Bertz CT molecular complexity index is 383. The Morgan fingerprint density at radius 1 is 1.56 bits per heavy atom. The molecule has 0 saturated carbocycles. The summed E-state index contributed by atoms with van der Waals surface area (Å²) in [7, 11) is 0. The van der Waals surface area contributed by atoms with E-state index < -0.39 is 0 Å². The average Bonchev–Trinajstić information content (AvgIpc) is 2.77. The predicted molar refractivity (Wildman–Crippen MR) is 64.1 cm³/mol. The van der Waals surface area contributed by atoms with E-state index in [4.69, 9.17) is 10.4 Å². The Balaban J connectivity index is 1.91. The summed E-state index contributed by atoms with van der Waals surface area (Å²) in [6.45, 7) is 3.31. The molecule has 0 amide bonds. The Kier molecular flexibility index (Phi) is 3.94. The van der Waals surface area contributed by atoms with E-state index in [1.54, 1.807) is 11.3 Å². The van der Waals surface area contributed by atoms with E-state index in [2.05, 4.69) is 11.0 Å². The second-order valence-corrected chi connectivity index (χ2v) is 5.47. The molecular formula is C12H16N2OS. The van der Waals surface area contributed by atoms with Gasteiger partial charge in [-0.1, -0.05) is 0 Å². The van der Waals surface area contributed by atoms with E-state index in [-0.39, 0.29) is 0 Å². The van der Waals surface area contributed by atoms with Gasteiger partial charge in [0.25, 0.3) is 0 Å². The van der Waals surface area contributed by atoms with Crippen LogP contribution in [0.4, 0.5) is 0 Å². The summed E-state index contributed by atoms with van der Waals surface area (Å²) in [6.07, 6.45) is 2.31. The molecule has 1 saturated heterocycles. The first-order valence-corrected chi connectivity index (χ1v) is 6.45. The van der Waals surface area contributed by atoms with E-state index in [9.17, 15) is 0 Å². The zero-order valence-electron chi connectivity index (χ0n) is 9.22. The lowest BCUT2D eigenvalue weighted by Gasteiger charge is -2.31. The number of nitrogens with zero attached hydrogens (tertiary/aromatic N) is 2. The van der Waals surface area contributed by atoms with Crippen LogP contribution in [0, 0.1) is 17.2 Å². The summed E-state index contributed by atoms with van der Waals surface area (Å²) in [6, 6.07) is 6.08. The molecule has 0 aromatic carbocycles. The Hall–Kier alpha value is -0.890. The van der Waals surface area contributed by atoms with Crippen molar-refractivity contribution in [3.05, 3.63) is 21.9 Å². The summed E-state index contributed by atoms with van der Waals surface area (Å²) < 4.78 is 0. The predicted octanol–water partition coefficient (Wildman–Crippen LogP) is 1.82. The Morgan fingerprint density at radius 3 is 3.12 bits per heavy atom. The number of hydrogen-bond donors (Lipinski definition) is 1. The van der Waals surface area contributed by atoms with Gasteiger partial charge in [-0.2, -0.15) is 5.26 Å². The first kappa shape index (κ1) is 11.6. The van der Waals surface area contributed by atoms with Gasteiger partial charge >= 0.3 is 0 Å². The van der Waals surface area contributed by atoms with Crippen molar-refractivity contribution in [1.82, 2.24) is 4.90 Å². The van der Waals surface area contributed by atoms with Gasteiger partial charge in [-0.3, -0.25) is 4.90 Å². The van der Waals surface area contributed by atoms with Gasteiger partial charge in [-0.05, 0) is 37.4 Å². The van der Waals surface area contributed by atoms with E-state index in [1.807, 2.05) is 12.1 Å². The summed E-state index contributed by atoms with van der Waals surface area (Å²) in [5, 5.41) is 17.9. The second-order valence-electron chi connectivity index (χ2n) is 4.30. The highest BCUT2D eigenvalue weighted by Crippen LogP contribution is 2.21. The SMILES string of the molecule is N#Cc1ccc(CN2CCCC(CO)C2)s1. The molecule has 16 heavy (non-hydrogen) atoms. The molecule has 1 atom stereocenters. The quantitative estimate of drug-likeness (QED) is 0.871. The molecule has 0 radical (unpaired) electrons. The number of piperidine rings is 1. The van der Waals surface area contributed by atoms with E-state index >= 15 is 0 Å². The number of aliphatic hydroxyl groups excluding tert-OH is 1. The first-order valence-electron chi connectivity index (χ1n) is 5.64. The third-order valence-electron chi connectivity index (χ3n) is 3.01. The maximum Gasteiger partial charge on any atom is 0.110 e. The van der Waals surface area contributed by atoms with Crippen LogP contribution in [-0.2, 0) is 6.54 Å². The van der Waals surface area contributed by atoms with Crippen molar-refractivity contribution >= 4 is 11.3 Å². The number of thiophene rings is 1. The van der Waals surface area contributed by atoms with Crippen LogP contribution in [0.1, 0.15) is 22.6 Å². The molecule has 1 aliphatic heterocycles. The Morgan fingerprint density at radius 2 is 2.44 bits per heavy atom. The van der Waals surface area contributed by atoms with Crippen LogP contribution in [0.2, 0.25) is 0 Å². The first-order chi connectivity index (χ1) is 7.81. The standard InChI is InChI=1S/C12H16N2OS/c13-6-11-3-4-12(16-11)8-14-5-1-2-10(7-14)9-15/h3-4,10,15H,1-2,5,7-9H2. The van der Waals surface area contributed by atoms with Crippen molar-refractivity contribution in [3.8, 4) is 6.07 Å². The van der Waals surface area contributed by atoms with Crippen LogP contribution < -0.4 is 0 Å². The smallest absolute Gasteiger partial charge is 0.110 e. The molecule has 2 rings (SSSR count). The highest BCUT2D eigenvalue weighted by atomic mass is 32.1. The zero-order valence-corrected chi connectivity index (χ0v) is 10.0. The van der Waals surface area contributed by atoms with Crippen LogP contribution in [-0.4, -0.2) is 29.7 Å². The van der Waals surface area contributed by atoms with Crippen LogP contribution in [0.25, 0.3) is 0 Å². The van der Waals surface area contributed by atoms with Crippen molar-refractivity contribution in [3.63, 3.8) is 0 Å². The van der Waals surface area contributed by atoms with E-state index in [0.29, 0.717) is 12.5 Å². The lowest BCUT2D eigenvalue weighted by molar-refractivity contribution is 0.116. The van der Waals surface area contributed by atoms with E-state index in [0.717, 1.165) is 30.9 Å². The van der Waals surface area contributed by atoms with Gasteiger partial charge in [-0.25, -0.2) is 0 Å². The minimum Gasteiger partial charge on any atom is -0.396 e. The monoisotopic (exact) mass is 236 g/mol. The molecular weight excluding hydrogens is 220 g/mol. The topological polar surface area (TPSA) is 47.3 Å². The molecule has 0 spiro atoms. The normalized spacial score (nSPS) is 21.9. The molecule has 1 unspecified atom stereocenters. The molecule has 1 aromatic heterocycles. The molecule has 0 aliphatic carbocycles. The fraction of sp³-hybridized carbons (Fsp3) is 0.583. The van der Waals surface area contributed by atoms with Crippen LogP contribution >= 0.6 is 11.3 Å². The lowest BCUT2D eigenvalue weighted by Crippen LogP contribution is -2.36. The van der Waals surface area contributed by atoms with Gasteiger partial charge in [0.1, 0.15) is 10.9 Å². The Labute approximate surface area is 99.9 Å². The maximum atomic E-state index is 9.15. The van der Waals surface area contributed by atoms with Gasteiger partial charge in [-0.15, -0.1) is 11.3 Å². The highest BCUT2D eigenvalue weighted by Gasteiger charge is 2.19. The number of rotatable bonds is 3. The van der Waals surface area contributed by atoms with Gasteiger partial charge in [0.15, 0.2) is 0 Å². The molecule has 3 nitrogen and oxygen atoms in total. The molecule has 4 heteroatoms. The number of hydrogen-bond acceptors (Lipinski definition) is 4.